The number of piperazine rings is 1. The second kappa shape index (κ2) is 13.1. The van der Waals surface area contributed by atoms with Crippen molar-refractivity contribution in [1.29, 1.82) is 0 Å². The van der Waals surface area contributed by atoms with Crippen LogP contribution in [0.1, 0.15) is 27.2 Å². The number of aliphatic hydroxyl groups excluding tert-OH is 1. The van der Waals surface area contributed by atoms with Crippen molar-refractivity contribution >= 4 is 21.8 Å². The summed E-state index contributed by atoms with van der Waals surface area (Å²) in [7, 11) is 0. The minimum atomic E-state index is -0.336. The van der Waals surface area contributed by atoms with Crippen LogP contribution in [0.5, 0.6) is 0 Å². The van der Waals surface area contributed by atoms with E-state index in [1.165, 1.54) is 11.1 Å². The Kier molecular flexibility index (Phi) is 8.89. The van der Waals surface area contributed by atoms with Crippen LogP contribution in [0.25, 0.3) is 16.9 Å². The lowest BCUT2D eigenvalue weighted by Gasteiger charge is -2.46. The number of nitrogens with zero attached hydrogens (tertiary/aromatic N) is 3. The van der Waals surface area contributed by atoms with E-state index in [0.29, 0.717) is 18.5 Å². The van der Waals surface area contributed by atoms with Crippen molar-refractivity contribution in [3.05, 3.63) is 148 Å². The second-order valence-electron chi connectivity index (χ2n) is 11.3. The molecule has 1 N–H and O–H groups in total. The predicted octanol–water partition coefficient (Wildman–Crippen LogP) is 7.15. The van der Waals surface area contributed by atoms with E-state index in [2.05, 4.69) is 86.1 Å². The number of aliphatic hydroxyl groups is 1. The predicted molar refractivity (Wildman–Crippen MR) is 176 cm³/mol. The molecule has 0 unspecified atom stereocenters. The standard InChI is InChI=1S/C37H36BrN3O2/c1-27-20-35(36(30-16-9-4-10-17-30)40(27)32-19-11-18-31(38)22-32)37(43)41-33(21-28-12-5-2-6-13-28)24-39(25-34(41)26-42)23-29-14-7-3-8-15-29/h2-20,22,33-34,42H,21,23-26H2,1H3/t33-,34+/m1/s1. The Balaban J connectivity index is 1.43. The van der Waals surface area contributed by atoms with Gasteiger partial charge in [0.1, 0.15) is 0 Å². The summed E-state index contributed by atoms with van der Waals surface area (Å²) < 4.78 is 3.14. The molecule has 2 atom stereocenters. The van der Waals surface area contributed by atoms with Crippen molar-refractivity contribution in [3.8, 4) is 16.9 Å². The average molecular weight is 635 g/mol. The van der Waals surface area contributed by atoms with Gasteiger partial charge in [-0.05, 0) is 54.3 Å². The maximum atomic E-state index is 14.9. The number of aryl methyl sites for hydroxylation is 1. The number of aromatic nitrogens is 1. The van der Waals surface area contributed by atoms with Gasteiger partial charge in [-0.1, -0.05) is 113 Å². The molecule has 0 radical (unpaired) electrons. The molecule has 0 aliphatic carbocycles. The molecule has 1 aromatic heterocycles. The Labute approximate surface area is 262 Å². The van der Waals surface area contributed by atoms with Crippen molar-refractivity contribution in [2.24, 2.45) is 0 Å². The van der Waals surface area contributed by atoms with Gasteiger partial charge in [0.15, 0.2) is 0 Å². The zero-order chi connectivity index (χ0) is 29.8. The molecule has 6 rings (SSSR count). The van der Waals surface area contributed by atoms with Crippen LogP contribution in [0.4, 0.5) is 0 Å². The van der Waals surface area contributed by atoms with Gasteiger partial charge in [0.25, 0.3) is 5.91 Å². The summed E-state index contributed by atoms with van der Waals surface area (Å²) in [5.41, 5.74) is 6.85. The fraction of sp³-hybridized carbons (Fsp3) is 0.216. The first-order valence-electron chi connectivity index (χ1n) is 14.8. The summed E-state index contributed by atoms with van der Waals surface area (Å²) in [5, 5.41) is 10.7. The Morgan fingerprint density at radius 1 is 0.791 bits per heavy atom. The second-order valence-corrected chi connectivity index (χ2v) is 12.2. The molecule has 0 spiro atoms. The highest BCUT2D eigenvalue weighted by molar-refractivity contribution is 9.10. The molecule has 218 valence electrons. The molecule has 2 heterocycles. The number of rotatable bonds is 8. The highest BCUT2D eigenvalue weighted by atomic mass is 79.9. The first-order chi connectivity index (χ1) is 21.0. The quantitative estimate of drug-likeness (QED) is 0.197. The Morgan fingerprint density at radius 3 is 2.07 bits per heavy atom. The van der Waals surface area contributed by atoms with Gasteiger partial charge < -0.3 is 14.6 Å². The fourth-order valence-corrected chi connectivity index (χ4v) is 6.80. The Hall–Kier alpha value is -3.97. The minimum absolute atomic E-state index is 0.0463. The molecule has 43 heavy (non-hydrogen) atoms. The normalized spacial score (nSPS) is 17.2. The highest BCUT2D eigenvalue weighted by Crippen LogP contribution is 2.34. The molecular weight excluding hydrogens is 598 g/mol. The van der Waals surface area contributed by atoms with Crippen molar-refractivity contribution in [3.63, 3.8) is 0 Å². The number of benzene rings is 4. The Morgan fingerprint density at radius 2 is 1.42 bits per heavy atom. The maximum Gasteiger partial charge on any atom is 0.256 e. The van der Waals surface area contributed by atoms with Gasteiger partial charge in [0.05, 0.1) is 23.9 Å². The molecule has 1 amide bonds. The van der Waals surface area contributed by atoms with Crippen LogP contribution < -0.4 is 0 Å². The smallest absolute Gasteiger partial charge is 0.256 e. The van der Waals surface area contributed by atoms with Crippen LogP contribution in [0, 0.1) is 6.92 Å². The van der Waals surface area contributed by atoms with Gasteiger partial charge in [0.2, 0.25) is 0 Å². The summed E-state index contributed by atoms with van der Waals surface area (Å²) >= 11 is 3.63. The van der Waals surface area contributed by atoms with Gasteiger partial charge in [-0.15, -0.1) is 0 Å². The minimum Gasteiger partial charge on any atom is -0.394 e. The van der Waals surface area contributed by atoms with Crippen LogP contribution in [-0.4, -0.2) is 57.2 Å². The molecule has 0 saturated carbocycles. The summed E-state index contributed by atoms with van der Waals surface area (Å²) in [6, 6.07) is 40.6. The van der Waals surface area contributed by atoms with E-state index in [1.807, 2.05) is 72.5 Å². The van der Waals surface area contributed by atoms with Crippen LogP contribution in [0.15, 0.2) is 126 Å². The number of hydrogen-bond acceptors (Lipinski definition) is 3. The number of hydrogen-bond donors (Lipinski definition) is 1. The molecule has 1 saturated heterocycles. The number of halogens is 1. The van der Waals surface area contributed by atoms with E-state index in [-0.39, 0.29) is 24.6 Å². The monoisotopic (exact) mass is 633 g/mol. The van der Waals surface area contributed by atoms with E-state index in [4.69, 9.17) is 0 Å². The zero-order valence-electron chi connectivity index (χ0n) is 24.3. The third-order valence-electron chi connectivity index (χ3n) is 8.26. The number of carbonyl (C=O) groups is 1. The molecule has 5 nitrogen and oxygen atoms in total. The van der Waals surface area contributed by atoms with Crippen molar-refractivity contribution in [2.45, 2.75) is 32.0 Å². The molecule has 5 aromatic rings. The van der Waals surface area contributed by atoms with Crippen LogP contribution in [-0.2, 0) is 13.0 Å². The van der Waals surface area contributed by atoms with E-state index >= 15 is 0 Å². The van der Waals surface area contributed by atoms with E-state index in [1.54, 1.807) is 0 Å². The van der Waals surface area contributed by atoms with Gasteiger partial charge >= 0.3 is 0 Å². The fourth-order valence-electron chi connectivity index (χ4n) is 6.41. The zero-order valence-corrected chi connectivity index (χ0v) is 25.9. The summed E-state index contributed by atoms with van der Waals surface area (Å²) in [6.07, 6.45) is 0.709. The van der Waals surface area contributed by atoms with Gasteiger partial charge in [-0.25, -0.2) is 0 Å². The Bertz CT molecular complexity index is 1670. The topological polar surface area (TPSA) is 48.7 Å². The largest absolute Gasteiger partial charge is 0.394 e. The molecule has 1 fully saturated rings. The molecular formula is C37H36BrN3O2. The molecule has 1 aliphatic rings. The lowest BCUT2D eigenvalue weighted by molar-refractivity contribution is 0.000992. The van der Waals surface area contributed by atoms with Crippen molar-refractivity contribution in [1.82, 2.24) is 14.4 Å². The van der Waals surface area contributed by atoms with E-state index in [9.17, 15) is 9.90 Å². The summed E-state index contributed by atoms with van der Waals surface area (Å²) in [5.74, 6) is -0.0463. The van der Waals surface area contributed by atoms with E-state index in [0.717, 1.165) is 40.2 Å². The van der Waals surface area contributed by atoms with Crippen molar-refractivity contribution < 1.29 is 9.90 Å². The lowest BCUT2D eigenvalue weighted by Crippen LogP contribution is -2.62. The van der Waals surface area contributed by atoms with Gasteiger partial charge in [0, 0.05) is 41.5 Å². The lowest BCUT2D eigenvalue weighted by atomic mass is 9.96. The van der Waals surface area contributed by atoms with Gasteiger partial charge in [-0.3, -0.25) is 9.69 Å². The van der Waals surface area contributed by atoms with Crippen LogP contribution in [0.3, 0.4) is 0 Å². The molecule has 0 bridgehead atoms. The molecule has 1 aliphatic heterocycles. The van der Waals surface area contributed by atoms with Crippen LogP contribution >= 0.6 is 15.9 Å². The van der Waals surface area contributed by atoms with Crippen molar-refractivity contribution in [2.75, 3.05) is 19.7 Å². The number of amides is 1. The molecule has 4 aromatic carbocycles. The summed E-state index contributed by atoms with van der Waals surface area (Å²) in [4.78, 5) is 19.2. The number of carbonyl (C=O) groups excluding carboxylic acids is 1. The SMILES string of the molecule is Cc1cc(C(=O)N2[C@H](CO)CN(Cc3ccccc3)C[C@H]2Cc2ccccc2)c(-c2ccccc2)n1-c1cccc(Br)c1. The van der Waals surface area contributed by atoms with Crippen LogP contribution in [0.2, 0.25) is 0 Å². The maximum absolute atomic E-state index is 14.9. The third kappa shape index (κ3) is 6.37. The first kappa shape index (κ1) is 29.1. The highest BCUT2D eigenvalue weighted by Gasteiger charge is 2.39. The third-order valence-corrected chi connectivity index (χ3v) is 8.76. The summed E-state index contributed by atoms with van der Waals surface area (Å²) in [6.45, 7) is 4.05. The molecule has 6 heteroatoms. The average Bonchev–Trinajstić information content (AvgIpc) is 3.39. The first-order valence-corrected chi connectivity index (χ1v) is 15.6. The van der Waals surface area contributed by atoms with Gasteiger partial charge in [-0.2, -0.15) is 0 Å². The van der Waals surface area contributed by atoms with E-state index < -0.39 is 0 Å².